The van der Waals surface area contributed by atoms with Crippen molar-refractivity contribution in [2.24, 2.45) is 0 Å². The predicted molar refractivity (Wildman–Crippen MR) is 82.9 cm³/mol. The number of nitrogens with zero attached hydrogens (tertiary/aromatic N) is 2. The molecule has 1 aromatic heterocycles. The summed E-state index contributed by atoms with van der Waals surface area (Å²) in [5, 5.41) is 0. The molecule has 0 atom stereocenters. The molecule has 0 saturated carbocycles. The number of pyridine rings is 1. The normalized spacial score (nSPS) is 10.8. The fourth-order valence-corrected chi connectivity index (χ4v) is 1.96. The SMILES string of the molecule is Cc1cc(N)ncc1-c1ccc(OCCN(C)C)cc1. The van der Waals surface area contributed by atoms with Crippen LogP contribution < -0.4 is 10.5 Å². The summed E-state index contributed by atoms with van der Waals surface area (Å²) >= 11 is 0. The number of nitrogens with two attached hydrogens (primary N) is 1. The smallest absolute Gasteiger partial charge is 0.123 e. The molecule has 0 bridgehead atoms. The highest BCUT2D eigenvalue weighted by atomic mass is 16.5. The van der Waals surface area contributed by atoms with E-state index in [1.165, 1.54) is 0 Å². The molecular weight excluding hydrogens is 250 g/mol. The van der Waals surface area contributed by atoms with Crippen LogP contribution in [0.2, 0.25) is 0 Å². The van der Waals surface area contributed by atoms with Gasteiger partial charge in [0, 0.05) is 18.3 Å². The predicted octanol–water partition coefficient (Wildman–Crippen LogP) is 2.58. The van der Waals surface area contributed by atoms with Gasteiger partial charge in [-0.25, -0.2) is 4.98 Å². The second kappa shape index (κ2) is 6.39. The summed E-state index contributed by atoms with van der Waals surface area (Å²) in [6, 6.07) is 9.95. The summed E-state index contributed by atoms with van der Waals surface area (Å²) in [5.74, 6) is 1.44. The van der Waals surface area contributed by atoms with Gasteiger partial charge in [-0.1, -0.05) is 12.1 Å². The minimum Gasteiger partial charge on any atom is -0.492 e. The quantitative estimate of drug-likeness (QED) is 0.908. The molecule has 0 aliphatic carbocycles. The van der Waals surface area contributed by atoms with Crippen molar-refractivity contribution < 1.29 is 4.74 Å². The first-order valence-electron chi connectivity index (χ1n) is 6.66. The Morgan fingerprint density at radius 3 is 2.50 bits per heavy atom. The third kappa shape index (κ3) is 3.71. The Morgan fingerprint density at radius 1 is 1.20 bits per heavy atom. The molecule has 20 heavy (non-hydrogen) atoms. The molecule has 0 unspecified atom stereocenters. The average Bonchev–Trinajstić information content (AvgIpc) is 2.39. The van der Waals surface area contributed by atoms with Crippen molar-refractivity contribution in [2.45, 2.75) is 6.92 Å². The molecule has 0 aliphatic heterocycles. The molecule has 2 rings (SSSR count). The first-order valence-corrected chi connectivity index (χ1v) is 6.66. The number of hydrogen-bond donors (Lipinski definition) is 1. The largest absolute Gasteiger partial charge is 0.492 e. The number of nitrogen functional groups attached to an aromatic ring is 1. The Balaban J connectivity index is 2.07. The molecular formula is C16H21N3O. The highest BCUT2D eigenvalue weighted by Crippen LogP contribution is 2.25. The van der Waals surface area contributed by atoms with Gasteiger partial charge in [-0.2, -0.15) is 0 Å². The molecule has 4 heteroatoms. The number of ether oxygens (including phenoxy) is 1. The van der Waals surface area contributed by atoms with Crippen LogP contribution in [0.25, 0.3) is 11.1 Å². The van der Waals surface area contributed by atoms with Gasteiger partial charge in [0.25, 0.3) is 0 Å². The van der Waals surface area contributed by atoms with Crippen molar-refractivity contribution >= 4 is 5.82 Å². The second-order valence-electron chi connectivity index (χ2n) is 5.10. The number of aryl methyl sites for hydroxylation is 1. The van der Waals surface area contributed by atoms with Gasteiger partial charge in [0.15, 0.2) is 0 Å². The van der Waals surface area contributed by atoms with Crippen LogP contribution in [0.1, 0.15) is 5.56 Å². The van der Waals surface area contributed by atoms with Gasteiger partial charge in [0.1, 0.15) is 18.2 Å². The standard InChI is InChI=1S/C16H21N3O/c1-12-10-16(17)18-11-15(12)13-4-6-14(7-5-13)20-9-8-19(2)3/h4-7,10-11H,8-9H2,1-3H3,(H2,17,18). The third-order valence-corrected chi connectivity index (χ3v) is 3.10. The van der Waals surface area contributed by atoms with Crippen LogP contribution in [0.3, 0.4) is 0 Å². The lowest BCUT2D eigenvalue weighted by Gasteiger charge is -2.12. The van der Waals surface area contributed by atoms with E-state index < -0.39 is 0 Å². The number of rotatable bonds is 5. The van der Waals surface area contributed by atoms with Crippen LogP contribution in [0.4, 0.5) is 5.82 Å². The molecule has 0 amide bonds. The van der Waals surface area contributed by atoms with Gasteiger partial charge >= 0.3 is 0 Å². The Kier molecular flexibility index (Phi) is 4.58. The Morgan fingerprint density at radius 2 is 1.90 bits per heavy atom. The minimum atomic E-state index is 0.551. The van der Waals surface area contributed by atoms with Gasteiger partial charge in [-0.15, -0.1) is 0 Å². The van der Waals surface area contributed by atoms with Gasteiger partial charge in [0.2, 0.25) is 0 Å². The van der Waals surface area contributed by atoms with E-state index in [9.17, 15) is 0 Å². The molecule has 4 nitrogen and oxygen atoms in total. The number of benzene rings is 1. The molecule has 0 saturated heterocycles. The van der Waals surface area contributed by atoms with E-state index in [1.807, 2.05) is 57.5 Å². The van der Waals surface area contributed by atoms with Crippen molar-refractivity contribution in [3.05, 3.63) is 42.1 Å². The zero-order valence-corrected chi connectivity index (χ0v) is 12.3. The summed E-state index contributed by atoms with van der Waals surface area (Å²) in [6.45, 7) is 3.63. The van der Waals surface area contributed by atoms with Crippen LogP contribution in [-0.4, -0.2) is 37.1 Å². The van der Waals surface area contributed by atoms with Crippen LogP contribution in [0.15, 0.2) is 36.5 Å². The average molecular weight is 271 g/mol. The maximum atomic E-state index is 5.68. The topological polar surface area (TPSA) is 51.4 Å². The van der Waals surface area contributed by atoms with Gasteiger partial charge in [-0.05, 0) is 50.3 Å². The molecule has 1 aromatic carbocycles. The fourth-order valence-electron chi connectivity index (χ4n) is 1.96. The van der Waals surface area contributed by atoms with Crippen LogP contribution in [-0.2, 0) is 0 Å². The number of hydrogen-bond acceptors (Lipinski definition) is 4. The summed E-state index contributed by atoms with van der Waals surface area (Å²) in [6.07, 6.45) is 1.81. The highest BCUT2D eigenvalue weighted by Gasteiger charge is 2.03. The van der Waals surface area contributed by atoms with E-state index in [1.54, 1.807) is 0 Å². The van der Waals surface area contributed by atoms with E-state index >= 15 is 0 Å². The molecule has 2 N–H and O–H groups in total. The number of likely N-dealkylation sites (N-methyl/N-ethyl adjacent to an activating group) is 1. The summed E-state index contributed by atoms with van der Waals surface area (Å²) in [4.78, 5) is 6.24. The first-order chi connectivity index (χ1) is 9.56. The van der Waals surface area contributed by atoms with E-state index in [4.69, 9.17) is 10.5 Å². The lowest BCUT2D eigenvalue weighted by Crippen LogP contribution is -2.19. The van der Waals surface area contributed by atoms with E-state index in [2.05, 4.69) is 9.88 Å². The first kappa shape index (κ1) is 14.3. The van der Waals surface area contributed by atoms with E-state index in [-0.39, 0.29) is 0 Å². The third-order valence-electron chi connectivity index (χ3n) is 3.10. The molecule has 0 radical (unpaired) electrons. The summed E-state index contributed by atoms with van der Waals surface area (Å²) in [7, 11) is 4.06. The fraction of sp³-hybridized carbons (Fsp3) is 0.312. The van der Waals surface area contributed by atoms with E-state index in [0.717, 1.165) is 29.0 Å². The zero-order valence-electron chi connectivity index (χ0n) is 12.3. The molecule has 2 aromatic rings. The molecule has 106 valence electrons. The number of anilines is 1. The van der Waals surface area contributed by atoms with Crippen LogP contribution >= 0.6 is 0 Å². The lowest BCUT2D eigenvalue weighted by molar-refractivity contribution is 0.261. The molecule has 0 spiro atoms. The molecule has 1 heterocycles. The summed E-state index contributed by atoms with van der Waals surface area (Å²) in [5.41, 5.74) is 9.01. The minimum absolute atomic E-state index is 0.551. The van der Waals surface area contributed by atoms with Crippen molar-refractivity contribution in [1.82, 2.24) is 9.88 Å². The zero-order chi connectivity index (χ0) is 14.5. The van der Waals surface area contributed by atoms with Crippen molar-refractivity contribution in [1.29, 1.82) is 0 Å². The van der Waals surface area contributed by atoms with Crippen molar-refractivity contribution in [3.63, 3.8) is 0 Å². The Bertz CT molecular complexity index is 564. The van der Waals surface area contributed by atoms with Crippen LogP contribution in [0.5, 0.6) is 5.75 Å². The molecule has 0 aliphatic rings. The van der Waals surface area contributed by atoms with E-state index in [0.29, 0.717) is 12.4 Å². The maximum Gasteiger partial charge on any atom is 0.123 e. The number of aromatic nitrogens is 1. The van der Waals surface area contributed by atoms with Gasteiger partial charge < -0.3 is 15.4 Å². The maximum absolute atomic E-state index is 5.68. The van der Waals surface area contributed by atoms with Crippen LogP contribution in [0, 0.1) is 6.92 Å². The summed E-state index contributed by atoms with van der Waals surface area (Å²) < 4.78 is 5.68. The lowest BCUT2D eigenvalue weighted by atomic mass is 10.0. The Hall–Kier alpha value is -2.07. The van der Waals surface area contributed by atoms with Gasteiger partial charge in [0.05, 0.1) is 0 Å². The van der Waals surface area contributed by atoms with Gasteiger partial charge in [-0.3, -0.25) is 0 Å². The van der Waals surface area contributed by atoms with Crippen molar-refractivity contribution in [2.75, 3.05) is 33.0 Å². The highest BCUT2D eigenvalue weighted by molar-refractivity contribution is 5.68. The monoisotopic (exact) mass is 271 g/mol. The molecule has 0 fully saturated rings. The second-order valence-corrected chi connectivity index (χ2v) is 5.10. The van der Waals surface area contributed by atoms with Crippen molar-refractivity contribution in [3.8, 4) is 16.9 Å². The Labute approximate surface area is 120 Å².